The molecule has 222 valence electrons. The van der Waals surface area contributed by atoms with Crippen LogP contribution in [0.15, 0.2) is 73.8 Å². The zero-order valence-corrected chi connectivity index (χ0v) is 25.6. The topological polar surface area (TPSA) is 81.2 Å². The fourth-order valence-corrected chi connectivity index (χ4v) is 9.76. The molecular formula is C34H41N3O4S. The van der Waals surface area contributed by atoms with E-state index in [0.717, 1.165) is 28.8 Å². The van der Waals surface area contributed by atoms with Gasteiger partial charge in [-0.05, 0) is 56.4 Å². The quantitative estimate of drug-likeness (QED) is 0.392. The van der Waals surface area contributed by atoms with Crippen molar-refractivity contribution in [1.29, 1.82) is 0 Å². The number of benzene rings is 2. The summed E-state index contributed by atoms with van der Waals surface area (Å²) in [5, 5.41) is 10.0. The first-order valence-corrected chi connectivity index (χ1v) is 15.5. The van der Waals surface area contributed by atoms with Crippen LogP contribution in [-0.4, -0.2) is 74.4 Å². The van der Waals surface area contributed by atoms with Crippen LogP contribution >= 0.6 is 11.8 Å². The molecule has 5 atom stereocenters. The summed E-state index contributed by atoms with van der Waals surface area (Å²) < 4.78 is -1.25. The Bertz CT molecular complexity index is 1400. The molecule has 0 aromatic heterocycles. The number of nitrogens with zero attached hydrogens (tertiary/aromatic N) is 3. The first kappa shape index (κ1) is 30.1. The number of aliphatic hydroxyl groups excluding tert-OH is 1. The zero-order valence-electron chi connectivity index (χ0n) is 24.8. The third kappa shape index (κ3) is 4.88. The van der Waals surface area contributed by atoms with Gasteiger partial charge in [0.15, 0.2) is 0 Å². The van der Waals surface area contributed by atoms with Gasteiger partial charge in [-0.1, -0.05) is 54.6 Å². The van der Waals surface area contributed by atoms with E-state index in [1.807, 2.05) is 62.4 Å². The van der Waals surface area contributed by atoms with E-state index in [4.69, 9.17) is 0 Å². The molecule has 8 heteroatoms. The Labute approximate surface area is 253 Å². The molecule has 2 unspecified atom stereocenters. The molecule has 0 radical (unpaired) electrons. The van der Waals surface area contributed by atoms with E-state index >= 15 is 0 Å². The van der Waals surface area contributed by atoms with Gasteiger partial charge in [-0.3, -0.25) is 14.4 Å². The maximum Gasteiger partial charge on any atom is 0.251 e. The van der Waals surface area contributed by atoms with Crippen molar-refractivity contribution in [2.24, 2.45) is 11.8 Å². The van der Waals surface area contributed by atoms with Crippen molar-refractivity contribution in [3.8, 4) is 0 Å². The van der Waals surface area contributed by atoms with Crippen LogP contribution < -0.4 is 4.90 Å². The summed E-state index contributed by atoms with van der Waals surface area (Å²) in [5.74, 6) is -1.72. The summed E-state index contributed by atoms with van der Waals surface area (Å²) >= 11 is 1.65. The van der Waals surface area contributed by atoms with Crippen molar-refractivity contribution in [3.63, 3.8) is 0 Å². The number of hydrogen-bond donors (Lipinski definition) is 1. The molecule has 1 spiro atoms. The number of thioether (sulfide) groups is 1. The predicted octanol–water partition coefficient (Wildman–Crippen LogP) is 4.51. The lowest BCUT2D eigenvalue weighted by Gasteiger charge is -2.38. The number of amides is 3. The van der Waals surface area contributed by atoms with Gasteiger partial charge in [-0.15, -0.1) is 24.9 Å². The van der Waals surface area contributed by atoms with Crippen molar-refractivity contribution in [1.82, 2.24) is 9.80 Å². The van der Waals surface area contributed by atoms with E-state index in [1.165, 1.54) is 0 Å². The largest absolute Gasteiger partial charge is 0.395 e. The van der Waals surface area contributed by atoms with Crippen molar-refractivity contribution in [2.45, 2.75) is 55.7 Å². The average Bonchev–Trinajstić information content (AvgIpc) is 3.54. The minimum Gasteiger partial charge on any atom is -0.395 e. The van der Waals surface area contributed by atoms with Gasteiger partial charge in [0.2, 0.25) is 11.8 Å². The number of hydrogen-bond acceptors (Lipinski definition) is 5. The van der Waals surface area contributed by atoms with Gasteiger partial charge in [0.05, 0.1) is 23.2 Å². The predicted molar refractivity (Wildman–Crippen MR) is 168 cm³/mol. The number of fused-ring (bicyclic) bond motifs is 1. The summed E-state index contributed by atoms with van der Waals surface area (Å²) in [7, 11) is 0. The van der Waals surface area contributed by atoms with E-state index in [2.05, 4.69) is 20.1 Å². The second kappa shape index (κ2) is 11.7. The molecule has 3 saturated heterocycles. The molecule has 2 bridgehead atoms. The molecule has 7 nitrogen and oxygen atoms in total. The molecule has 1 N–H and O–H groups in total. The number of likely N-dealkylation sites (tertiary alicyclic amines) is 1. The van der Waals surface area contributed by atoms with Crippen LogP contribution in [0, 0.1) is 25.7 Å². The van der Waals surface area contributed by atoms with Crippen LogP contribution in [-0.2, 0) is 20.9 Å². The van der Waals surface area contributed by atoms with E-state index in [1.54, 1.807) is 38.6 Å². The lowest BCUT2D eigenvalue weighted by molar-refractivity contribution is -0.145. The highest BCUT2D eigenvalue weighted by molar-refractivity contribution is 8.02. The molecule has 3 aliphatic heterocycles. The van der Waals surface area contributed by atoms with Gasteiger partial charge < -0.3 is 19.8 Å². The van der Waals surface area contributed by atoms with Gasteiger partial charge in [0.25, 0.3) is 5.91 Å². The summed E-state index contributed by atoms with van der Waals surface area (Å²) in [6, 6.07) is 15.0. The van der Waals surface area contributed by atoms with E-state index in [-0.39, 0.29) is 37.4 Å². The SMILES string of the molecule is C=CCN(Cc1ccccc1)C(=O)[C@H]1[C@H]2C(=O)N(CCO)C(C(=O)N(CC=C)c3cc(C)ccc3C)C23CC[C@]1(C)S3. The van der Waals surface area contributed by atoms with Gasteiger partial charge in [0.1, 0.15) is 6.04 Å². The van der Waals surface area contributed by atoms with Gasteiger partial charge in [0, 0.05) is 36.6 Å². The molecule has 0 aliphatic carbocycles. The van der Waals surface area contributed by atoms with Crippen LogP contribution in [0.5, 0.6) is 0 Å². The van der Waals surface area contributed by atoms with Crippen LogP contribution in [0.1, 0.15) is 36.5 Å². The summed E-state index contributed by atoms with van der Waals surface area (Å²) in [6.07, 6.45) is 4.80. The van der Waals surface area contributed by atoms with Crippen molar-refractivity contribution in [2.75, 3.05) is 31.1 Å². The molecule has 3 fully saturated rings. The zero-order chi connectivity index (χ0) is 30.2. The average molecular weight is 588 g/mol. The summed E-state index contributed by atoms with van der Waals surface area (Å²) in [5.41, 5.74) is 3.77. The maximum absolute atomic E-state index is 14.7. The number of carbonyl (C=O) groups is 3. The van der Waals surface area contributed by atoms with Crippen molar-refractivity contribution in [3.05, 3.63) is 90.5 Å². The molecule has 2 aromatic carbocycles. The highest BCUT2D eigenvalue weighted by atomic mass is 32.2. The van der Waals surface area contributed by atoms with E-state index in [0.29, 0.717) is 19.5 Å². The number of anilines is 1. The molecule has 3 heterocycles. The third-order valence-corrected chi connectivity index (χ3v) is 11.2. The normalized spacial score (nSPS) is 27.6. The molecule has 42 heavy (non-hydrogen) atoms. The summed E-state index contributed by atoms with van der Waals surface area (Å²) in [6.45, 7) is 14.7. The second-order valence-corrected chi connectivity index (χ2v) is 13.9. The lowest BCUT2D eigenvalue weighted by Crippen LogP contribution is -2.55. The second-order valence-electron chi connectivity index (χ2n) is 12.0. The monoisotopic (exact) mass is 587 g/mol. The molecule has 3 aliphatic rings. The lowest BCUT2D eigenvalue weighted by atomic mass is 9.66. The minimum absolute atomic E-state index is 0.0425. The first-order valence-electron chi connectivity index (χ1n) is 14.7. The van der Waals surface area contributed by atoms with Crippen LogP contribution in [0.2, 0.25) is 0 Å². The van der Waals surface area contributed by atoms with E-state index < -0.39 is 27.4 Å². The third-order valence-electron chi connectivity index (χ3n) is 9.23. The number of rotatable bonds is 11. The number of aryl methyl sites for hydroxylation is 2. The fraction of sp³-hybridized carbons (Fsp3) is 0.441. The van der Waals surface area contributed by atoms with Crippen LogP contribution in [0.3, 0.4) is 0 Å². The van der Waals surface area contributed by atoms with Crippen molar-refractivity contribution < 1.29 is 19.5 Å². The molecule has 2 aromatic rings. The number of aliphatic hydroxyl groups is 1. The summed E-state index contributed by atoms with van der Waals surface area (Å²) in [4.78, 5) is 48.5. The molecule has 0 saturated carbocycles. The highest BCUT2D eigenvalue weighted by Crippen LogP contribution is 2.71. The van der Waals surface area contributed by atoms with Crippen LogP contribution in [0.25, 0.3) is 0 Å². The number of carbonyl (C=O) groups excluding carboxylic acids is 3. The molecule has 3 amide bonds. The van der Waals surface area contributed by atoms with Crippen molar-refractivity contribution >= 4 is 35.2 Å². The molecule has 5 rings (SSSR count). The Kier molecular flexibility index (Phi) is 8.41. The molecular weight excluding hydrogens is 546 g/mol. The standard InChI is InChI=1S/C34H41N3O4S/c1-6-17-35(22-25-11-9-8-10-12-25)30(39)27-28-31(40)37(19-20-38)29(34(28)16-15-33(27,5)42-34)32(41)36(18-7-2)26-21-23(3)13-14-24(26)4/h6-14,21,27-29,38H,1-2,15-20,22H2,3-5H3/t27-,28+,29?,33+,34?/m1/s1. The highest BCUT2D eigenvalue weighted by Gasteiger charge is 2.77. The Balaban J connectivity index is 1.56. The van der Waals surface area contributed by atoms with Crippen LogP contribution in [0.4, 0.5) is 5.69 Å². The Morgan fingerprint density at radius 2 is 1.79 bits per heavy atom. The van der Waals surface area contributed by atoms with Gasteiger partial charge in [-0.25, -0.2) is 0 Å². The smallest absolute Gasteiger partial charge is 0.251 e. The van der Waals surface area contributed by atoms with Gasteiger partial charge in [-0.2, -0.15) is 0 Å². The first-order chi connectivity index (χ1) is 20.1. The van der Waals surface area contributed by atoms with E-state index in [9.17, 15) is 19.5 Å². The Morgan fingerprint density at radius 3 is 2.45 bits per heavy atom. The number of β-amino-alcohol motifs (C(OH)–C–C–N with tert-alkyl or cyclic N) is 1. The Morgan fingerprint density at radius 1 is 1.07 bits per heavy atom. The fourth-order valence-electron chi connectivity index (χ4n) is 7.41. The Hall–Kier alpha value is -3.36. The van der Waals surface area contributed by atoms with Gasteiger partial charge >= 0.3 is 0 Å². The maximum atomic E-state index is 14.7. The minimum atomic E-state index is -0.798.